The molecule has 0 saturated heterocycles. The molecule has 0 aliphatic rings. The highest BCUT2D eigenvalue weighted by molar-refractivity contribution is 9.11. The van der Waals surface area contributed by atoms with Crippen LogP contribution < -0.4 is 0 Å². The van der Waals surface area contributed by atoms with Gasteiger partial charge in [0.25, 0.3) is 0 Å². The predicted octanol–water partition coefficient (Wildman–Crippen LogP) is 4.38. The molecule has 72 valence electrons. The molecular formula is C8H3Br2ClN2S. The van der Waals surface area contributed by atoms with Gasteiger partial charge in [-0.1, -0.05) is 11.6 Å². The van der Waals surface area contributed by atoms with Crippen molar-refractivity contribution in [1.82, 2.24) is 9.97 Å². The summed E-state index contributed by atoms with van der Waals surface area (Å²) in [5.74, 6) is 0.670. The molecule has 2 heterocycles. The Balaban J connectivity index is 2.51. The maximum absolute atomic E-state index is 5.83. The highest BCUT2D eigenvalue weighted by atomic mass is 79.9. The topological polar surface area (TPSA) is 25.8 Å². The summed E-state index contributed by atoms with van der Waals surface area (Å²) < 4.78 is 2.23. The van der Waals surface area contributed by atoms with Crippen molar-refractivity contribution in [3.63, 3.8) is 0 Å². The van der Waals surface area contributed by atoms with Crippen molar-refractivity contribution in [2.75, 3.05) is 0 Å². The van der Waals surface area contributed by atoms with E-state index in [1.54, 1.807) is 6.07 Å². The molecule has 0 bridgehead atoms. The first-order chi connectivity index (χ1) is 6.65. The molecule has 2 aromatic rings. The summed E-state index contributed by atoms with van der Waals surface area (Å²) in [5, 5.41) is 0. The number of aromatic nitrogens is 2. The minimum atomic E-state index is 0.670. The normalized spacial score (nSPS) is 10.5. The Labute approximate surface area is 107 Å². The molecule has 0 aliphatic carbocycles. The van der Waals surface area contributed by atoms with E-state index < -0.39 is 0 Å². The van der Waals surface area contributed by atoms with E-state index >= 15 is 0 Å². The van der Waals surface area contributed by atoms with Gasteiger partial charge in [0, 0.05) is 6.07 Å². The van der Waals surface area contributed by atoms with Crippen LogP contribution in [0.5, 0.6) is 0 Å². The number of nitrogens with zero attached hydrogens (tertiary/aromatic N) is 2. The smallest absolute Gasteiger partial charge is 0.171 e. The third-order valence-electron chi connectivity index (χ3n) is 1.46. The minimum absolute atomic E-state index is 0.670. The van der Waals surface area contributed by atoms with Gasteiger partial charge in [-0.15, -0.1) is 11.3 Å². The maximum Gasteiger partial charge on any atom is 0.171 e. The van der Waals surface area contributed by atoms with Crippen LogP contribution in [0, 0.1) is 0 Å². The first kappa shape index (κ1) is 10.5. The van der Waals surface area contributed by atoms with E-state index in [1.807, 2.05) is 12.1 Å². The summed E-state index contributed by atoms with van der Waals surface area (Å²) in [6, 6.07) is 5.53. The summed E-state index contributed by atoms with van der Waals surface area (Å²) in [6.45, 7) is 0. The molecule has 2 aromatic heterocycles. The molecule has 0 N–H and O–H groups in total. The molecular weight excluding hydrogens is 351 g/mol. The zero-order chi connectivity index (χ0) is 10.1. The number of hydrogen-bond acceptors (Lipinski definition) is 3. The van der Waals surface area contributed by atoms with Crippen molar-refractivity contribution in [3.8, 4) is 10.7 Å². The van der Waals surface area contributed by atoms with Crippen molar-refractivity contribution in [1.29, 1.82) is 0 Å². The standard InChI is InChI=1S/C8H3Br2ClN2S/c9-5-3-6(10)13-8(12-5)4-1-2-7(11)14-4/h1-3H. The molecule has 0 fully saturated rings. The lowest BCUT2D eigenvalue weighted by molar-refractivity contribution is 1.13. The van der Waals surface area contributed by atoms with Crippen molar-refractivity contribution < 1.29 is 0 Å². The van der Waals surface area contributed by atoms with E-state index in [1.165, 1.54) is 11.3 Å². The quantitative estimate of drug-likeness (QED) is 0.710. The van der Waals surface area contributed by atoms with Crippen LogP contribution in [0.3, 0.4) is 0 Å². The van der Waals surface area contributed by atoms with Crippen LogP contribution in [0.25, 0.3) is 10.7 Å². The summed E-state index contributed by atoms with van der Waals surface area (Å²) in [7, 11) is 0. The van der Waals surface area contributed by atoms with E-state index in [0.29, 0.717) is 5.82 Å². The third-order valence-corrected chi connectivity index (χ3v) is 3.50. The average molecular weight is 354 g/mol. The van der Waals surface area contributed by atoms with Crippen LogP contribution >= 0.6 is 54.8 Å². The van der Waals surface area contributed by atoms with Crippen LogP contribution in [0.15, 0.2) is 27.4 Å². The van der Waals surface area contributed by atoms with Crippen molar-refractivity contribution in [3.05, 3.63) is 31.7 Å². The second kappa shape index (κ2) is 4.26. The van der Waals surface area contributed by atoms with Gasteiger partial charge in [0.15, 0.2) is 5.82 Å². The number of hydrogen-bond donors (Lipinski definition) is 0. The molecule has 14 heavy (non-hydrogen) atoms. The highest BCUT2D eigenvalue weighted by Crippen LogP contribution is 2.30. The Morgan fingerprint density at radius 1 is 1.14 bits per heavy atom. The lowest BCUT2D eigenvalue weighted by Gasteiger charge is -1.97. The summed E-state index contributed by atoms with van der Waals surface area (Å²) in [6.07, 6.45) is 0. The van der Waals surface area contributed by atoms with Gasteiger partial charge < -0.3 is 0 Å². The van der Waals surface area contributed by atoms with Crippen LogP contribution in [0.4, 0.5) is 0 Å². The first-order valence-electron chi connectivity index (χ1n) is 3.61. The lowest BCUT2D eigenvalue weighted by Crippen LogP contribution is -1.87. The van der Waals surface area contributed by atoms with Crippen LogP contribution in [0.1, 0.15) is 0 Å². The molecule has 0 atom stereocenters. The molecule has 2 nitrogen and oxygen atoms in total. The SMILES string of the molecule is Clc1ccc(-c2nc(Br)cc(Br)n2)s1. The van der Waals surface area contributed by atoms with Gasteiger partial charge in [0.1, 0.15) is 9.21 Å². The Morgan fingerprint density at radius 3 is 2.29 bits per heavy atom. The van der Waals surface area contributed by atoms with Gasteiger partial charge in [0.05, 0.1) is 9.21 Å². The minimum Gasteiger partial charge on any atom is -0.220 e. The molecule has 0 amide bonds. The largest absolute Gasteiger partial charge is 0.220 e. The summed E-state index contributed by atoms with van der Waals surface area (Å²) >= 11 is 13.9. The van der Waals surface area contributed by atoms with Gasteiger partial charge in [0.2, 0.25) is 0 Å². The summed E-state index contributed by atoms with van der Waals surface area (Å²) in [5.41, 5.74) is 0. The first-order valence-corrected chi connectivity index (χ1v) is 6.39. The second-order valence-electron chi connectivity index (χ2n) is 2.44. The van der Waals surface area contributed by atoms with E-state index in [-0.39, 0.29) is 0 Å². The fourth-order valence-electron chi connectivity index (χ4n) is 0.935. The molecule has 0 aromatic carbocycles. The van der Waals surface area contributed by atoms with Gasteiger partial charge in [-0.05, 0) is 44.0 Å². The zero-order valence-corrected chi connectivity index (χ0v) is 11.4. The number of thiophene rings is 1. The van der Waals surface area contributed by atoms with Gasteiger partial charge >= 0.3 is 0 Å². The Kier molecular flexibility index (Phi) is 3.21. The van der Waals surface area contributed by atoms with Crippen molar-refractivity contribution in [2.24, 2.45) is 0 Å². The molecule has 6 heteroatoms. The van der Waals surface area contributed by atoms with E-state index in [0.717, 1.165) is 18.4 Å². The van der Waals surface area contributed by atoms with Crippen molar-refractivity contribution >= 4 is 54.8 Å². The monoisotopic (exact) mass is 352 g/mol. The third kappa shape index (κ3) is 2.34. The van der Waals surface area contributed by atoms with Crippen LogP contribution in [-0.4, -0.2) is 9.97 Å². The van der Waals surface area contributed by atoms with Crippen LogP contribution in [-0.2, 0) is 0 Å². The van der Waals surface area contributed by atoms with E-state index in [2.05, 4.69) is 41.8 Å². The van der Waals surface area contributed by atoms with E-state index in [9.17, 15) is 0 Å². The molecule has 0 saturated carbocycles. The van der Waals surface area contributed by atoms with Crippen molar-refractivity contribution in [2.45, 2.75) is 0 Å². The average Bonchev–Trinajstić information content (AvgIpc) is 2.50. The fraction of sp³-hybridized carbons (Fsp3) is 0. The molecule has 0 unspecified atom stereocenters. The fourth-order valence-corrected chi connectivity index (χ4v) is 2.99. The lowest BCUT2D eigenvalue weighted by atomic mass is 10.4. The Morgan fingerprint density at radius 2 is 1.79 bits per heavy atom. The highest BCUT2D eigenvalue weighted by Gasteiger charge is 2.06. The second-order valence-corrected chi connectivity index (χ2v) is 5.78. The van der Waals surface area contributed by atoms with Gasteiger partial charge in [-0.25, -0.2) is 9.97 Å². The van der Waals surface area contributed by atoms with E-state index in [4.69, 9.17) is 11.6 Å². The number of rotatable bonds is 1. The van der Waals surface area contributed by atoms with Gasteiger partial charge in [-0.3, -0.25) is 0 Å². The summed E-state index contributed by atoms with van der Waals surface area (Å²) in [4.78, 5) is 9.45. The molecule has 0 spiro atoms. The zero-order valence-electron chi connectivity index (χ0n) is 6.67. The Hall–Kier alpha value is 0.0300. The maximum atomic E-state index is 5.83. The number of halogens is 3. The Bertz CT molecular complexity index is 452. The molecule has 0 aliphatic heterocycles. The predicted molar refractivity (Wildman–Crippen MR) is 65.8 cm³/mol. The van der Waals surface area contributed by atoms with Gasteiger partial charge in [-0.2, -0.15) is 0 Å². The van der Waals surface area contributed by atoms with Crippen LogP contribution in [0.2, 0.25) is 4.34 Å². The molecule has 0 radical (unpaired) electrons. The molecule has 2 rings (SSSR count).